The van der Waals surface area contributed by atoms with Gasteiger partial charge in [-0.1, -0.05) is 18.9 Å². The van der Waals surface area contributed by atoms with Gasteiger partial charge >= 0.3 is 0 Å². The lowest BCUT2D eigenvalue weighted by Crippen LogP contribution is -2.61. The molecule has 0 aromatic heterocycles. The highest BCUT2D eigenvalue weighted by atomic mass is 16.5. The van der Waals surface area contributed by atoms with Crippen LogP contribution in [-0.4, -0.2) is 42.0 Å². The molecule has 0 radical (unpaired) electrons. The zero-order valence-corrected chi connectivity index (χ0v) is 17.1. The second-order valence-electron chi connectivity index (χ2n) is 8.99. The van der Waals surface area contributed by atoms with E-state index in [2.05, 4.69) is 11.0 Å². The summed E-state index contributed by atoms with van der Waals surface area (Å²) in [5.74, 6) is 1.94. The molecule has 2 fully saturated rings. The minimum absolute atomic E-state index is 0.187. The number of piperidine rings is 1. The summed E-state index contributed by atoms with van der Waals surface area (Å²) in [5, 5.41) is 10.1. The van der Waals surface area contributed by atoms with Crippen LogP contribution in [0.15, 0.2) is 42.5 Å². The van der Waals surface area contributed by atoms with E-state index >= 15 is 0 Å². The number of hydrogen-bond acceptors (Lipinski definition) is 4. The first-order valence-corrected chi connectivity index (χ1v) is 10.8. The van der Waals surface area contributed by atoms with E-state index in [4.69, 9.17) is 4.74 Å². The molecule has 4 nitrogen and oxygen atoms in total. The highest BCUT2D eigenvalue weighted by Crippen LogP contribution is 2.56. The van der Waals surface area contributed by atoms with Gasteiger partial charge in [-0.25, -0.2) is 0 Å². The van der Waals surface area contributed by atoms with Crippen molar-refractivity contribution in [3.63, 3.8) is 0 Å². The minimum Gasteiger partial charge on any atom is -0.508 e. The van der Waals surface area contributed by atoms with Crippen LogP contribution in [-0.2, 0) is 11.8 Å². The van der Waals surface area contributed by atoms with Crippen molar-refractivity contribution in [2.24, 2.45) is 5.92 Å². The number of rotatable bonds is 4. The molecule has 29 heavy (non-hydrogen) atoms. The maximum Gasteiger partial charge on any atom is 0.176 e. The number of likely N-dealkylation sites (tertiary alicyclic amines) is 1. The van der Waals surface area contributed by atoms with Crippen LogP contribution >= 0.6 is 0 Å². The monoisotopic (exact) mass is 391 g/mol. The molecule has 2 aliphatic carbocycles. The van der Waals surface area contributed by atoms with Gasteiger partial charge in [0.15, 0.2) is 5.78 Å². The summed E-state index contributed by atoms with van der Waals surface area (Å²) < 4.78 is 5.21. The van der Waals surface area contributed by atoms with Crippen LogP contribution in [0.5, 0.6) is 11.5 Å². The maximum absolute atomic E-state index is 13.0. The van der Waals surface area contributed by atoms with Crippen molar-refractivity contribution >= 4 is 5.78 Å². The summed E-state index contributed by atoms with van der Waals surface area (Å²) in [6.07, 6.45) is 7.05. The molecule has 1 heterocycles. The molecule has 2 aromatic rings. The SMILES string of the molecule is COc1ccc(C(=O)CN2CC[C@@]34CCCC[C@H]3[C@H]2Cc2ccc(O)cc24)cc1. The Morgan fingerprint density at radius 1 is 1.17 bits per heavy atom. The number of Topliss-reactive ketones (excluding diaryl/α,β-unsaturated/α-hetero) is 1. The third kappa shape index (κ3) is 3.05. The largest absolute Gasteiger partial charge is 0.508 e. The van der Waals surface area contributed by atoms with E-state index in [1.54, 1.807) is 7.11 Å². The summed E-state index contributed by atoms with van der Waals surface area (Å²) >= 11 is 0. The Hall–Kier alpha value is -2.33. The number of nitrogens with zero attached hydrogens (tertiary/aromatic N) is 1. The molecule has 0 spiro atoms. The molecule has 3 aliphatic rings. The standard InChI is InChI=1S/C25H29NO3/c1-29-20-9-6-17(7-10-20)24(28)16-26-13-12-25-11-3-2-4-21(25)23(26)14-18-5-8-19(27)15-22(18)25/h5-10,15,21,23,27H,2-4,11-14,16H2,1H3/t21-,23+,25-/m0/s1. The Morgan fingerprint density at radius 3 is 2.79 bits per heavy atom. The molecular weight excluding hydrogens is 362 g/mol. The zero-order valence-electron chi connectivity index (χ0n) is 17.1. The fraction of sp³-hybridized carbons (Fsp3) is 0.480. The number of methoxy groups -OCH3 is 1. The molecule has 2 aromatic carbocycles. The quantitative estimate of drug-likeness (QED) is 0.788. The Bertz CT molecular complexity index is 922. The van der Waals surface area contributed by atoms with Gasteiger partial charge in [-0.05, 0) is 85.7 Å². The second-order valence-corrected chi connectivity index (χ2v) is 8.99. The number of aromatic hydroxyl groups is 1. The molecule has 1 N–H and O–H groups in total. The van der Waals surface area contributed by atoms with E-state index in [1.807, 2.05) is 36.4 Å². The van der Waals surface area contributed by atoms with Crippen LogP contribution in [0.1, 0.15) is 53.6 Å². The zero-order chi connectivity index (χ0) is 20.0. The van der Waals surface area contributed by atoms with Crippen molar-refractivity contribution in [3.8, 4) is 11.5 Å². The number of benzene rings is 2. The van der Waals surface area contributed by atoms with E-state index in [0.717, 1.165) is 30.7 Å². The van der Waals surface area contributed by atoms with E-state index in [9.17, 15) is 9.90 Å². The number of hydrogen-bond donors (Lipinski definition) is 1. The normalized spacial score (nSPS) is 28.3. The first kappa shape index (κ1) is 18.7. The first-order chi connectivity index (χ1) is 14.1. The lowest BCUT2D eigenvalue weighted by molar-refractivity contribution is -0.00848. The summed E-state index contributed by atoms with van der Waals surface area (Å²) in [6, 6.07) is 13.8. The van der Waals surface area contributed by atoms with Gasteiger partial charge in [0.05, 0.1) is 13.7 Å². The number of phenols is 1. The number of ether oxygens (including phenoxy) is 1. The molecule has 1 saturated carbocycles. The molecule has 4 heteroatoms. The summed E-state index contributed by atoms with van der Waals surface area (Å²) in [6.45, 7) is 1.44. The Balaban J connectivity index is 1.43. The Kier molecular flexibility index (Phi) is 4.62. The topological polar surface area (TPSA) is 49.8 Å². The molecule has 2 bridgehead atoms. The average molecular weight is 392 g/mol. The van der Waals surface area contributed by atoms with E-state index in [1.165, 1.54) is 36.8 Å². The van der Waals surface area contributed by atoms with Gasteiger partial charge in [-0.2, -0.15) is 0 Å². The van der Waals surface area contributed by atoms with Crippen LogP contribution in [0.2, 0.25) is 0 Å². The van der Waals surface area contributed by atoms with Crippen molar-refractivity contribution in [2.45, 2.75) is 50.0 Å². The molecule has 1 aliphatic heterocycles. The second kappa shape index (κ2) is 7.17. The van der Waals surface area contributed by atoms with Crippen molar-refractivity contribution in [1.82, 2.24) is 4.90 Å². The van der Waals surface area contributed by atoms with Crippen LogP contribution in [0.4, 0.5) is 0 Å². The number of phenolic OH excluding ortho intramolecular Hbond substituents is 1. The van der Waals surface area contributed by atoms with Gasteiger partial charge < -0.3 is 9.84 Å². The van der Waals surface area contributed by atoms with Crippen molar-refractivity contribution < 1.29 is 14.6 Å². The van der Waals surface area contributed by atoms with Gasteiger partial charge in [0.25, 0.3) is 0 Å². The van der Waals surface area contributed by atoms with Crippen molar-refractivity contribution in [1.29, 1.82) is 0 Å². The lowest BCUT2D eigenvalue weighted by atomic mass is 9.52. The van der Waals surface area contributed by atoms with Gasteiger partial charge in [-0.15, -0.1) is 0 Å². The first-order valence-electron chi connectivity index (χ1n) is 10.8. The molecule has 1 saturated heterocycles. The maximum atomic E-state index is 13.0. The number of fused-ring (bicyclic) bond motifs is 1. The van der Waals surface area contributed by atoms with E-state index in [-0.39, 0.29) is 11.2 Å². The third-order valence-corrected chi connectivity index (χ3v) is 7.69. The number of carbonyl (C=O) groups excluding carboxylic acids is 1. The van der Waals surface area contributed by atoms with Gasteiger partial charge in [0.2, 0.25) is 0 Å². The van der Waals surface area contributed by atoms with Crippen LogP contribution in [0, 0.1) is 5.92 Å². The molecule has 5 rings (SSSR count). The Labute approximate surface area is 172 Å². The highest BCUT2D eigenvalue weighted by molar-refractivity contribution is 5.97. The van der Waals surface area contributed by atoms with Gasteiger partial charge in [-0.3, -0.25) is 9.69 Å². The van der Waals surface area contributed by atoms with Crippen molar-refractivity contribution in [3.05, 3.63) is 59.2 Å². The van der Waals surface area contributed by atoms with Crippen LogP contribution in [0.25, 0.3) is 0 Å². The third-order valence-electron chi connectivity index (χ3n) is 7.69. The van der Waals surface area contributed by atoms with Crippen LogP contribution < -0.4 is 4.74 Å². The average Bonchev–Trinajstić information content (AvgIpc) is 2.76. The summed E-state index contributed by atoms with van der Waals surface area (Å²) in [7, 11) is 1.64. The molecule has 152 valence electrons. The predicted molar refractivity (Wildman–Crippen MR) is 113 cm³/mol. The smallest absolute Gasteiger partial charge is 0.176 e. The molecule has 0 amide bonds. The number of ketones is 1. The molecule has 0 unspecified atom stereocenters. The van der Waals surface area contributed by atoms with E-state index in [0.29, 0.717) is 24.3 Å². The van der Waals surface area contributed by atoms with Gasteiger partial charge in [0, 0.05) is 17.0 Å². The number of carbonyl (C=O) groups is 1. The fourth-order valence-electron chi connectivity index (χ4n) is 6.32. The molecule has 3 atom stereocenters. The highest BCUT2D eigenvalue weighted by Gasteiger charge is 2.53. The lowest BCUT2D eigenvalue weighted by Gasteiger charge is -2.59. The fourth-order valence-corrected chi connectivity index (χ4v) is 6.32. The Morgan fingerprint density at radius 2 is 2.00 bits per heavy atom. The van der Waals surface area contributed by atoms with E-state index < -0.39 is 0 Å². The molecular formula is C25H29NO3. The minimum atomic E-state index is 0.187. The summed E-state index contributed by atoms with van der Waals surface area (Å²) in [5.41, 5.74) is 3.70. The predicted octanol–water partition coefficient (Wildman–Crippen LogP) is 4.34. The van der Waals surface area contributed by atoms with Crippen molar-refractivity contribution in [2.75, 3.05) is 20.2 Å². The van der Waals surface area contributed by atoms with Crippen LogP contribution in [0.3, 0.4) is 0 Å². The summed E-state index contributed by atoms with van der Waals surface area (Å²) in [4.78, 5) is 15.4. The van der Waals surface area contributed by atoms with Gasteiger partial charge in [0.1, 0.15) is 11.5 Å².